The van der Waals surface area contributed by atoms with Crippen molar-refractivity contribution >= 4 is 16.8 Å². The van der Waals surface area contributed by atoms with Gasteiger partial charge < -0.3 is 9.32 Å². The van der Waals surface area contributed by atoms with Gasteiger partial charge in [0.1, 0.15) is 17.4 Å². The number of rotatable bonds is 8. The third kappa shape index (κ3) is 4.87. The van der Waals surface area contributed by atoms with Gasteiger partial charge in [-0.3, -0.25) is 14.2 Å². The number of benzene rings is 3. The second-order valence-electron chi connectivity index (χ2n) is 9.09. The first-order chi connectivity index (χ1) is 18.5. The zero-order valence-corrected chi connectivity index (χ0v) is 21.3. The van der Waals surface area contributed by atoms with Crippen LogP contribution >= 0.6 is 0 Å². The molecule has 0 spiro atoms. The first kappa shape index (κ1) is 25.1. The lowest BCUT2D eigenvalue weighted by atomic mass is 10.1. The van der Waals surface area contributed by atoms with Gasteiger partial charge in [0.05, 0.1) is 35.4 Å². The van der Waals surface area contributed by atoms with Crippen molar-refractivity contribution in [3.05, 3.63) is 130 Å². The van der Waals surface area contributed by atoms with Crippen LogP contribution in [0.3, 0.4) is 0 Å². The van der Waals surface area contributed by atoms with Crippen LogP contribution in [0.25, 0.3) is 16.6 Å². The molecule has 2 heterocycles. The van der Waals surface area contributed by atoms with Crippen molar-refractivity contribution in [3.8, 4) is 5.69 Å². The highest BCUT2D eigenvalue weighted by molar-refractivity contribution is 5.94. The van der Waals surface area contributed by atoms with E-state index in [4.69, 9.17) is 9.40 Å². The van der Waals surface area contributed by atoms with Crippen LogP contribution in [0.2, 0.25) is 0 Å². The highest BCUT2D eigenvalue weighted by Crippen LogP contribution is 2.29. The van der Waals surface area contributed by atoms with E-state index in [9.17, 15) is 14.0 Å². The summed E-state index contributed by atoms with van der Waals surface area (Å²) in [4.78, 5) is 34.4. The summed E-state index contributed by atoms with van der Waals surface area (Å²) in [5.74, 6) is 0.290. The van der Waals surface area contributed by atoms with Gasteiger partial charge in [-0.1, -0.05) is 38.1 Å². The Hall–Kier alpha value is -4.52. The Morgan fingerprint density at radius 3 is 2.37 bits per heavy atom. The quantitative estimate of drug-likeness (QED) is 0.240. The van der Waals surface area contributed by atoms with E-state index < -0.39 is 11.9 Å². The molecule has 38 heavy (non-hydrogen) atoms. The van der Waals surface area contributed by atoms with Crippen molar-refractivity contribution in [2.24, 2.45) is 0 Å². The first-order valence-corrected chi connectivity index (χ1v) is 12.7. The minimum Gasteiger partial charge on any atom is -0.467 e. The molecule has 6 nitrogen and oxygen atoms in total. The van der Waals surface area contributed by atoms with Crippen LogP contribution < -0.4 is 5.56 Å². The third-order valence-electron chi connectivity index (χ3n) is 6.72. The summed E-state index contributed by atoms with van der Waals surface area (Å²) in [5.41, 5.74) is 2.50. The lowest BCUT2D eigenvalue weighted by molar-refractivity contribution is 0.0624. The van der Waals surface area contributed by atoms with Gasteiger partial charge in [-0.05, 0) is 79.1 Å². The van der Waals surface area contributed by atoms with Crippen LogP contribution in [0, 0.1) is 5.82 Å². The molecule has 0 N–H and O–H groups in total. The standard InChI is InChI=1S/C31H28FN3O3/c1-3-21-11-17-24(18-12-21)35-29(33-27-10-6-5-9-26(27)31(35)37)28(4-2)34(20-25-8-7-19-38-25)30(36)22-13-15-23(32)16-14-22/h5-19,28H,3-4,20H2,1-2H3. The molecule has 192 valence electrons. The minimum atomic E-state index is -0.583. The first-order valence-electron chi connectivity index (χ1n) is 12.7. The molecule has 3 aromatic carbocycles. The third-order valence-corrected chi connectivity index (χ3v) is 6.72. The maximum Gasteiger partial charge on any atom is 0.266 e. The van der Waals surface area contributed by atoms with Crippen molar-refractivity contribution < 1.29 is 13.6 Å². The van der Waals surface area contributed by atoms with Crippen LogP contribution in [-0.4, -0.2) is 20.4 Å². The Balaban J connectivity index is 1.71. The van der Waals surface area contributed by atoms with Crippen LogP contribution in [0.1, 0.15) is 53.8 Å². The number of furan rings is 1. The summed E-state index contributed by atoms with van der Waals surface area (Å²) in [7, 11) is 0. The number of halogens is 1. The molecule has 2 aromatic heterocycles. The predicted molar refractivity (Wildman–Crippen MR) is 145 cm³/mol. The molecule has 1 amide bonds. The zero-order valence-electron chi connectivity index (χ0n) is 21.3. The summed E-state index contributed by atoms with van der Waals surface area (Å²) < 4.78 is 20.8. The molecule has 0 aliphatic carbocycles. The average molecular weight is 510 g/mol. The number of para-hydroxylation sites is 1. The number of carbonyl (C=O) groups is 1. The fraction of sp³-hybridized carbons (Fsp3) is 0.194. The number of hydrogen-bond donors (Lipinski definition) is 0. The molecule has 7 heteroatoms. The van der Waals surface area contributed by atoms with Crippen LogP contribution in [0.15, 0.2) is 100 Å². The molecule has 0 radical (unpaired) electrons. The van der Waals surface area contributed by atoms with E-state index in [1.807, 2.05) is 43.3 Å². The lowest BCUT2D eigenvalue weighted by Gasteiger charge is -2.32. The van der Waals surface area contributed by atoms with E-state index in [-0.39, 0.29) is 18.0 Å². The number of amides is 1. The van der Waals surface area contributed by atoms with E-state index in [0.29, 0.717) is 40.2 Å². The summed E-state index contributed by atoms with van der Waals surface area (Å²) >= 11 is 0. The number of nitrogens with zero attached hydrogens (tertiary/aromatic N) is 3. The number of hydrogen-bond acceptors (Lipinski definition) is 4. The fourth-order valence-corrected chi connectivity index (χ4v) is 4.70. The average Bonchev–Trinajstić information content (AvgIpc) is 3.47. The van der Waals surface area contributed by atoms with E-state index >= 15 is 0 Å². The van der Waals surface area contributed by atoms with Crippen molar-refractivity contribution in [2.75, 3.05) is 0 Å². The molecule has 0 bridgehead atoms. The highest BCUT2D eigenvalue weighted by atomic mass is 19.1. The van der Waals surface area contributed by atoms with Crippen molar-refractivity contribution in [3.63, 3.8) is 0 Å². The minimum absolute atomic E-state index is 0.152. The molecule has 0 aliphatic rings. The molecule has 0 fully saturated rings. The normalized spacial score (nSPS) is 12.0. The Morgan fingerprint density at radius 1 is 0.974 bits per heavy atom. The molecule has 1 unspecified atom stereocenters. The summed E-state index contributed by atoms with van der Waals surface area (Å²) in [6, 6.07) is 23.4. The zero-order chi connectivity index (χ0) is 26.6. The number of aryl methyl sites for hydroxylation is 1. The van der Waals surface area contributed by atoms with Gasteiger partial charge in [-0.25, -0.2) is 9.37 Å². The van der Waals surface area contributed by atoms with Crippen LogP contribution in [-0.2, 0) is 13.0 Å². The number of aromatic nitrogens is 2. The number of fused-ring (bicyclic) bond motifs is 1. The fourth-order valence-electron chi connectivity index (χ4n) is 4.70. The molecular formula is C31H28FN3O3. The molecule has 1 atom stereocenters. The smallest absolute Gasteiger partial charge is 0.266 e. The molecule has 5 rings (SSSR count). The van der Waals surface area contributed by atoms with Crippen molar-refractivity contribution in [1.82, 2.24) is 14.5 Å². The van der Waals surface area contributed by atoms with Crippen LogP contribution in [0.5, 0.6) is 0 Å². The van der Waals surface area contributed by atoms with Gasteiger partial charge in [0.25, 0.3) is 11.5 Å². The summed E-state index contributed by atoms with van der Waals surface area (Å²) in [5, 5.41) is 0.494. The Morgan fingerprint density at radius 2 is 1.71 bits per heavy atom. The Kier molecular flexibility index (Phi) is 7.18. The molecule has 0 aliphatic heterocycles. The van der Waals surface area contributed by atoms with Gasteiger partial charge in [-0.2, -0.15) is 0 Å². The Bertz CT molecular complexity index is 1610. The van der Waals surface area contributed by atoms with Crippen molar-refractivity contribution in [1.29, 1.82) is 0 Å². The van der Waals surface area contributed by atoms with Gasteiger partial charge >= 0.3 is 0 Å². The maximum absolute atomic E-state index is 13.9. The van der Waals surface area contributed by atoms with Crippen molar-refractivity contribution in [2.45, 2.75) is 39.3 Å². The summed E-state index contributed by atoms with van der Waals surface area (Å²) in [6.07, 6.45) is 2.90. The Labute approximate surface area is 220 Å². The van der Waals surface area contributed by atoms with E-state index in [2.05, 4.69) is 6.92 Å². The predicted octanol–water partition coefficient (Wildman–Crippen LogP) is 6.47. The second kappa shape index (κ2) is 10.8. The number of carbonyl (C=O) groups excluding carboxylic acids is 1. The van der Waals surface area contributed by atoms with Gasteiger partial charge in [-0.15, -0.1) is 0 Å². The molecule has 0 saturated heterocycles. The van der Waals surface area contributed by atoms with Gasteiger partial charge in [0, 0.05) is 5.56 Å². The van der Waals surface area contributed by atoms with E-state index in [0.717, 1.165) is 12.0 Å². The lowest BCUT2D eigenvalue weighted by Crippen LogP contribution is -2.38. The highest BCUT2D eigenvalue weighted by Gasteiger charge is 2.30. The molecular weight excluding hydrogens is 481 g/mol. The SMILES string of the molecule is CCc1ccc(-n2c(C(CC)N(Cc3ccco3)C(=O)c3ccc(F)cc3)nc3ccccc3c2=O)cc1. The van der Waals surface area contributed by atoms with E-state index in [1.54, 1.807) is 40.0 Å². The van der Waals surface area contributed by atoms with E-state index in [1.165, 1.54) is 24.3 Å². The van der Waals surface area contributed by atoms with Crippen LogP contribution in [0.4, 0.5) is 4.39 Å². The largest absolute Gasteiger partial charge is 0.467 e. The topological polar surface area (TPSA) is 68.3 Å². The maximum atomic E-state index is 13.9. The summed E-state index contributed by atoms with van der Waals surface area (Å²) in [6.45, 7) is 4.17. The van der Waals surface area contributed by atoms with Gasteiger partial charge in [0.15, 0.2) is 0 Å². The monoisotopic (exact) mass is 509 g/mol. The molecule has 0 saturated carbocycles. The van der Waals surface area contributed by atoms with Gasteiger partial charge in [0.2, 0.25) is 0 Å². The molecule has 5 aromatic rings. The second-order valence-corrected chi connectivity index (χ2v) is 9.09.